The number of nitrogens with one attached hydrogen (secondary N) is 1. The van der Waals surface area contributed by atoms with Crippen LogP contribution in [-0.2, 0) is 4.28 Å². The predicted octanol–water partition coefficient (Wildman–Crippen LogP) is 3.75. The second-order valence-electron chi connectivity index (χ2n) is 4.51. The van der Waals surface area contributed by atoms with E-state index >= 15 is 0 Å². The lowest BCUT2D eigenvalue weighted by atomic mass is 9.92. The number of aryl methyl sites for hydroxylation is 1. The zero-order chi connectivity index (χ0) is 12.5. The summed E-state index contributed by atoms with van der Waals surface area (Å²) in [6.45, 7) is 4.28. The van der Waals surface area contributed by atoms with Crippen LogP contribution in [-0.4, -0.2) is 5.84 Å². The van der Waals surface area contributed by atoms with Crippen molar-refractivity contribution in [3.63, 3.8) is 0 Å². The molecule has 0 aliphatic carbocycles. The highest BCUT2D eigenvalue weighted by molar-refractivity contribution is 7.93. The molecule has 1 heterocycles. The lowest BCUT2D eigenvalue weighted by Gasteiger charge is -2.14. The number of oxime groups is 1. The maximum Gasteiger partial charge on any atom is 0.208 e. The predicted molar refractivity (Wildman–Crippen MR) is 76.3 cm³/mol. The van der Waals surface area contributed by atoms with E-state index < -0.39 is 0 Å². The van der Waals surface area contributed by atoms with E-state index in [1.54, 1.807) is 0 Å². The van der Waals surface area contributed by atoms with Crippen LogP contribution in [0.15, 0.2) is 41.6 Å². The number of rotatable bonds is 2. The van der Waals surface area contributed by atoms with Crippen LogP contribution in [0.1, 0.15) is 24.0 Å². The molecule has 0 aromatic heterocycles. The van der Waals surface area contributed by atoms with Gasteiger partial charge in [-0.3, -0.25) is 9.01 Å². The highest BCUT2D eigenvalue weighted by Crippen LogP contribution is 2.28. The fourth-order valence-electron chi connectivity index (χ4n) is 2.29. The van der Waals surface area contributed by atoms with Gasteiger partial charge in [-0.2, -0.15) is 0 Å². The Balaban J connectivity index is 2.08. The zero-order valence-corrected chi connectivity index (χ0v) is 11.1. The molecule has 1 aliphatic rings. The Kier molecular flexibility index (Phi) is 2.88. The Morgan fingerprint density at radius 1 is 1.22 bits per heavy atom. The van der Waals surface area contributed by atoms with Gasteiger partial charge in [0.05, 0.1) is 0 Å². The topological polar surface area (TPSA) is 33.6 Å². The molecule has 2 aromatic rings. The van der Waals surface area contributed by atoms with E-state index in [-0.39, 0.29) is 5.92 Å². The van der Waals surface area contributed by atoms with Gasteiger partial charge in [-0.1, -0.05) is 48.5 Å². The average molecular weight is 258 g/mol. The number of hydrogen-bond donors (Lipinski definition) is 1. The number of nitrogens with zero attached hydrogens (tertiary/aromatic N) is 1. The third kappa shape index (κ3) is 1.93. The summed E-state index contributed by atoms with van der Waals surface area (Å²) in [6.07, 6.45) is 0. The summed E-state index contributed by atoms with van der Waals surface area (Å²) in [6, 6.07) is 12.9. The SMILES string of the molecule is Cc1cc2ccccc2cc1C(C)C1=NOSN1. The van der Waals surface area contributed by atoms with Crippen LogP contribution in [0, 0.1) is 6.92 Å². The molecule has 3 rings (SSSR count). The molecule has 3 nitrogen and oxygen atoms in total. The maximum absolute atomic E-state index is 4.92. The molecule has 92 valence electrons. The van der Waals surface area contributed by atoms with E-state index in [9.17, 15) is 0 Å². The molecule has 1 unspecified atom stereocenters. The summed E-state index contributed by atoms with van der Waals surface area (Å²) >= 11 is 1.16. The van der Waals surface area contributed by atoms with Crippen LogP contribution < -0.4 is 4.72 Å². The van der Waals surface area contributed by atoms with E-state index in [0.717, 1.165) is 18.1 Å². The lowest BCUT2D eigenvalue weighted by molar-refractivity contribution is 0.414. The molecule has 18 heavy (non-hydrogen) atoms. The molecule has 1 atom stereocenters. The minimum absolute atomic E-state index is 0.213. The number of benzene rings is 2. The van der Waals surface area contributed by atoms with Crippen molar-refractivity contribution in [2.24, 2.45) is 5.16 Å². The van der Waals surface area contributed by atoms with Gasteiger partial charge in [0.25, 0.3) is 0 Å². The highest BCUT2D eigenvalue weighted by Gasteiger charge is 2.20. The van der Waals surface area contributed by atoms with Crippen LogP contribution in [0.3, 0.4) is 0 Å². The van der Waals surface area contributed by atoms with Crippen molar-refractivity contribution < 1.29 is 4.28 Å². The molecule has 4 heteroatoms. The summed E-state index contributed by atoms with van der Waals surface area (Å²) in [5.74, 6) is 1.09. The van der Waals surface area contributed by atoms with E-state index in [1.165, 1.54) is 21.9 Å². The summed E-state index contributed by atoms with van der Waals surface area (Å²) < 4.78 is 8.00. The summed E-state index contributed by atoms with van der Waals surface area (Å²) in [5, 5.41) is 6.54. The molecular formula is C14H14N2OS. The fraction of sp³-hybridized carbons (Fsp3) is 0.214. The third-order valence-corrected chi connectivity index (χ3v) is 3.77. The Morgan fingerprint density at radius 3 is 2.61 bits per heavy atom. The Labute approximate surface area is 111 Å². The molecule has 0 amide bonds. The van der Waals surface area contributed by atoms with E-state index in [4.69, 9.17) is 4.28 Å². The van der Waals surface area contributed by atoms with Crippen LogP contribution in [0.5, 0.6) is 0 Å². The summed E-state index contributed by atoms with van der Waals surface area (Å²) in [5.41, 5.74) is 2.56. The van der Waals surface area contributed by atoms with Crippen molar-refractivity contribution in [3.05, 3.63) is 47.5 Å². The molecule has 1 aliphatic heterocycles. The van der Waals surface area contributed by atoms with Crippen molar-refractivity contribution in [1.29, 1.82) is 0 Å². The standard InChI is InChI=1S/C14H14N2OS/c1-9-7-11-5-3-4-6-12(11)8-13(9)10(2)14-15-17-18-16-14/h3-8,10H,1-2H3,(H,15,16). The highest BCUT2D eigenvalue weighted by atomic mass is 32.2. The number of hydrogen-bond acceptors (Lipinski definition) is 4. The van der Waals surface area contributed by atoms with Gasteiger partial charge in [-0.05, 0) is 28.8 Å². The van der Waals surface area contributed by atoms with Crippen molar-refractivity contribution >= 4 is 28.8 Å². The van der Waals surface area contributed by atoms with Gasteiger partial charge >= 0.3 is 0 Å². The second-order valence-corrected chi connectivity index (χ2v) is 5.03. The first-order valence-corrected chi connectivity index (χ1v) is 6.66. The lowest BCUT2D eigenvalue weighted by Crippen LogP contribution is -2.19. The van der Waals surface area contributed by atoms with Gasteiger partial charge in [-0.25, -0.2) is 0 Å². The zero-order valence-electron chi connectivity index (χ0n) is 10.3. The van der Waals surface area contributed by atoms with Crippen LogP contribution in [0.25, 0.3) is 10.8 Å². The monoisotopic (exact) mass is 258 g/mol. The van der Waals surface area contributed by atoms with Crippen molar-refractivity contribution in [3.8, 4) is 0 Å². The molecule has 0 radical (unpaired) electrons. The van der Waals surface area contributed by atoms with Crippen molar-refractivity contribution in [1.82, 2.24) is 4.72 Å². The first-order chi connectivity index (χ1) is 8.75. The second kappa shape index (κ2) is 4.53. The van der Waals surface area contributed by atoms with Gasteiger partial charge in [0.15, 0.2) is 5.84 Å². The normalized spacial score (nSPS) is 16.0. The molecule has 0 spiro atoms. The van der Waals surface area contributed by atoms with Crippen molar-refractivity contribution in [2.75, 3.05) is 0 Å². The van der Waals surface area contributed by atoms with Gasteiger partial charge in [0.2, 0.25) is 12.2 Å². The minimum atomic E-state index is 0.213. The smallest absolute Gasteiger partial charge is 0.208 e. The molecule has 0 bridgehead atoms. The minimum Gasteiger partial charge on any atom is -0.297 e. The first kappa shape index (κ1) is 11.4. The van der Waals surface area contributed by atoms with Gasteiger partial charge in [0, 0.05) is 5.92 Å². The van der Waals surface area contributed by atoms with Crippen LogP contribution in [0.2, 0.25) is 0 Å². The molecule has 0 saturated carbocycles. The molecule has 1 N–H and O–H groups in total. The van der Waals surface area contributed by atoms with Gasteiger partial charge in [0.1, 0.15) is 0 Å². The fourth-order valence-corrected chi connectivity index (χ4v) is 2.75. The quantitative estimate of drug-likeness (QED) is 0.658. The summed E-state index contributed by atoms with van der Waals surface area (Å²) in [4.78, 5) is 0. The van der Waals surface area contributed by atoms with Crippen molar-refractivity contribution in [2.45, 2.75) is 19.8 Å². The van der Waals surface area contributed by atoms with E-state index in [0.29, 0.717) is 0 Å². The Bertz CT molecular complexity index is 624. The van der Waals surface area contributed by atoms with Gasteiger partial charge < -0.3 is 0 Å². The Hall–Kier alpha value is -1.68. The summed E-state index contributed by atoms with van der Waals surface area (Å²) in [7, 11) is 0. The van der Waals surface area contributed by atoms with Gasteiger partial charge in [-0.15, -0.1) is 0 Å². The Morgan fingerprint density at radius 2 is 1.94 bits per heavy atom. The third-order valence-electron chi connectivity index (χ3n) is 3.33. The largest absolute Gasteiger partial charge is 0.297 e. The van der Waals surface area contributed by atoms with E-state index in [2.05, 4.69) is 60.1 Å². The van der Waals surface area contributed by atoms with Crippen LogP contribution >= 0.6 is 12.2 Å². The molecule has 0 fully saturated rings. The molecule has 0 saturated heterocycles. The van der Waals surface area contributed by atoms with Crippen LogP contribution in [0.4, 0.5) is 0 Å². The molecule has 2 aromatic carbocycles. The number of fused-ring (bicyclic) bond motifs is 1. The first-order valence-electron chi connectivity index (χ1n) is 5.91. The maximum atomic E-state index is 4.92. The average Bonchev–Trinajstić information content (AvgIpc) is 2.91. The number of amidine groups is 1. The van der Waals surface area contributed by atoms with E-state index in [1.807, 2.05) is 0 Å². The molecular weight excluding hydrogens is 244 g/mol.